The number of carboxylic acid groups (broad SMARTS) is 1. The van der Waals surface area contributed by atoms with Gasteiger partial charge < -0.3 is 15.2 Å². The molecule has 1 amide bonds. The molecule has 0 bridgehead atoms. The number of hydrogen-bond acceptors (Lipinski definition) is 4. The fourth-order valence-corrected chi connectivity index (χ4v) is 4.72. The van der Waals surface area contributed by atoms with E-state index in [2.05, 4.69) is 5.32 Å². The lowest BCUT2D eigenvalue weighted by Crippen LogP contribution is -2.23. The molecule has 2 aromatic carbocycles. The highest BCUT2D eigenvalue weighted by molar-refractivity contribution is 7.15. The number of aromatic carboxylic acids is 1. The second-order valence-corrected chi connectivity index (χ2v) is 7.46. The van der Waals surface area contributed by atoms with Gasteiger partial charge in [-0.05, 0) is 29.3 Å². The Bertz CT molecular complexity index is 1070. The van der Waals surface area contributed by atoms with Crippen LogP contribution in [0.3, 0.4) is 0 Å². The lowest BCUT2D eigenvalue weighted by Gasteiger charge is -2.24. The van der Waals surface area contributed by atoms with Crippen LogP contribution in [-0.4, -0.2) is 24.1 Å². The first-order chi connectivity index (χ1) is 13.5. The molecule has 1 aliphatic rings. The van der Waals surface area contributed by atoms with E-state index in [0.717, 1.165) is 11.3 Å². The predicted octanol–water partition coefficient (Wildman–Crippen LogP) is 4.74. The van der Waals surface area contributed by atoms with Crippen molar-refractivity contribution in [1.82, 2.24) is 0 Å². The van der Waals surface area contributed by atoms with Crippen molar-refractivity contribution >= 4 is 28.9 Å². The van der Waals surface area contributed by atoms with E-state index in [0.29, 0.717) is 33.0 Å². The van der Waals surface area contributed by atoms with Gasteiger partial charge in [0, 0.05) is 22.8 Å². The zero-order chi connectivity index (χ0) is 19.8. The number of thiophene rings is 1. The number of hydrogen-bond donors (Lipinski definition) is 2. The highest BCUT2D eigenvalue weighted by Gasteiger charge is 2.35. The molecule has 28 heavy (non-hydrogen) atoms. The predicted molar refractivity (Wildman–Crippen MR) is 105 cm³/mol. The molecule has 1 aliphatic heterocycles. The first-order valence-corrected chi connectivity index (χ1v) is 9.40. The van der Waals surface area contributed by atoms with Gasteiger partial charge in [0.15, 0.2) is 0 Å². The van der Waals surface area contributed by atoms with Crippen LogP contribution in [0.4, 0.5) is 10.1 Å². The summed E-state index contributed by atoms with van der Waals surface area (Å²) in [6.07, 6.45) is 0.0650. The molecule has 0 fully saturated rings. The van der Waals surface area contributed by atoms with Crippen LogP contribution in [0.25, 0.3) is 11.1 Å². The molecule has 142 valence electrons. The van der Waals surface area contributed by atoms with Crippen molar-refractivity contribution in [3.63, 3.8) is 0 Å². The summed E-state index contributed by atoms with van der Waals surface area (Å²) in [5.41, 5.74) is 1.91. The minimum Gasteiger partial charge on any atom is -0.497 e. The Morgan fingerprint density at radius 3 is 2.57 bits per heavy atom. The fraction of sp³-hybridized carbons (Fsp3) is 0.143. The summed E-state index contributed by atoms with van der Waals surface area (Å²) in [5.74, 6) is -1.67. The van der Waals surface area contributed by atoms with Crippen molar-refractivity contribution in [1.29, 1.82) is 0 Å². The molecule has 1 atom stereocenters. The number of fused-ring (bicyclic) bond motifs is 1. The van der Waals surface area contributed by atoms with Crippen LogP contribution in [0.5, 0.6) is 5.75 Å². The van der Waals surface area contributed by atoms with Crippen LogP contribution >= 0.6 is 11.3 Å². The minimum absolute atomic E-state index is 0.0650. The third-order valence-corrected chi connectivity index (χ3v) is 6.05. The summed E-state index contributed by atoms with van der Waals surface area (Å²) in [7, 11) is 1.55. The summed E-state index contributed by atoms with van der Waals surface area (Å²) < 4.78 is 19.6. The Morgan fingerprint density at radius 1 is 1.21 bits per heavy atom. The second kappa shape index (κ2) is 7.09. The monoisotopic (exact) mass is 397 g/mol. The van der Waals surface area contributed by atoms with Gasteiger partial charge in [-0.25, -0.2) is 9.18 Å². The van der Waals surface area contributed by atoms with Crippen molar-refractivity contribution in [2.24, 2.45) is 0 Å². The maximum Gasteiger partial charge on any atom is 0.346 e. The summed E-state index contributed by atoms with van der Waals surface area (Å²) in [5, 5.41) is 12.6. The molecule has 0 aliphatic carbocycles. The highest BCUT2D eigenvalue weighted by atomic mass is 32.1. The summed E-state index contributed by atoms with van der Waals surface area (Å²) in [4.78, 5) is 25.1. The van der Waals surface area contributed by atoms with E-state index >= 15 is 0 Å². The van der Waals surface area contributed by atoms with Gasteiger partial charge in [0.25, 0.3) is 0 Å². The van der Waals surface area contributed by atoms with Crippen LogP contribution in [0.2, 0.25) is 0 Å². The van der Waals surface area contributed by atoms with Crippen molar-refractivity contribution in [3.05, 3.63) is 69.7 Å². The molecular weight excluding hydrogens is 381 g/mol. The van der Waals surface area contributed by atoms with Crippen LogP contribution < -0.4 is 10.1 Å². The number of amides is 1. The van der Waals surface area contributed by atoms with Crippen LogP contribution in [0.1, 0.15) is 32.5 Å². The number of carboxylic acids is 1. The van der Waals surface area contributed by atoms with Crippen LogP contribution in [-0.2, 0) is 4.79 Å². The quantitative estimate of drug-likeness (QED) is 0.667. The summed E-state index contributed by atoms with van der Waals surface area (Å²) in [6.45, 7) is 0. The zero-order valence-electron chi connectivity index (χ0n) is 14.9. The van der Waals surface area contributed by atoms with E-state index in [1.807, 2.05) is 0 Å². The fourth-order valence-electron chi connectivity index (χ4n) is 3.48. The second-order valence-electron chi connectivity index (χ2n) is 6.41. The minimum atomic E-state index is -1.09. The summed E-state index contributed by atoms with van der Waals surface area (Å²) >= 11 is 1.08. The molecule has 2 N–H and O–H groups in total. The molecule has 3 aromatic rings. The smallest absolute Gasteiger partial charge is 0.346 e. The van der Waals surface area contributed by atoms with Crippen molar-refractivity contribution in [3.8, 4) is 16.9 Å². The lowest BCUT2D eigenvalue weighted by molar-refractivity contribution is -0.116. The van der Waals surface area contributed by atoms with E-state index in [4.69, 9.17) is 4.74 Å². The number of nitrogens with one attached hydrogen (secondary N) is 1. The van der Waals surface area contributed by atoms with Gasteiger partial charge in [-0.1, -0.05) is 30.3 Å². The average molecular weight is 397 g/mol. The number of methoxy groups -OCH3 is 1. The lowest BCUT2D eigenvalue weighted by atomic mass is 9.88. The number of carbonyl (C=O) groups excluding carboxylic acids is 1. The Kier molecular flexibility index (Phi) is 4.60. The van der Waals surface area contributed by atoms with Crippen LogP contribution in [0.15, 0.2) is 48.5 Å². The SMILES string of the molecule is COc1ccc(-c2c(C(=O)O)sc3c2NC(=O)C[C@H]3c2ccccc2F)cc1. The third-order valence-electron chi connectivity index (χ3n) is 4.76. The molecule has 7 heteroatoms. The maximum absolute atomic E-state index is 14.4. The van der Waals surface area contributed by atoms with E-state index in [9.17, 15) is 19.1 Å². The number of anilines is 1. The van der Waals surface area contributed by atoms with Gasteiger partial charge >= 0.3 is 5.97 Å². The number of ether oxygens (including phenoxy) is 1. The third kappa shape index (κ3) is 3.03. The topological polar surface area (TPSA) is 75.6 Å². The molecule has 0 saturated carbocycles. The maximum atomic E-state index is 14.4. The molecular formula is C21H16FNO4S. The molecule has 0 saturated heterocycles. The van der Waals surface area contributed by atoms with Gasteiger partial charge in [-0.3, -0.25) is 4.79 Å². The zero-order valence-corrected chi connectivity index (χ0v) is 15.7. The Morgan fingerprint density at radius 2 is 1.93 bits per heavy atom. The molecule has 0 unspecified atom stereocenters. The summed E-state index contributed by atoms with van der Waals surface area (Å²) in [6, 6.07) is 13.2. The molecule has 5 nitrogen and oxygen atoms in total. The number of rotatable bonds is 4. The van der Waals surface area contributed by atoms with Crippen molar-refractivity contribution in [2.45, 2.75) is 12.3 Å². The van der Waals surface area contributed by atoms with Gasteiger partial charge in [-0.2, -0.15) is 0 Å². The van der Waals surface area contributed by atoms with E-state index in [1.54, 1.807) is 49.6 Å². The number of carbonyl (C=O) groups is 2. The Balaban J connectivity index is 1.93. The van der Waals surface area contributed by atoms with Crippen molar-refractivity contribution in [2.75, 3.05) is 12.4 Å². The standard InChI is InChI=1S/C21H16FNO4S/c1-27-12-8-6-11(7-9-12)17-18-19(28-20(17)21(25)26)14(10-16(24)23-18)13-4-2-3-5-15(13)22/h2-9,14H,10H2,1H3,(H,23,24)(H,25,26)/t14-/m0/s1. The molecule has 1 aromatic heterocycles. The van der Waals surface area contributed by atoms with E-state index in [1.165, 1.54) is 6.07 Å². The van der Waals surface area contributed by atoms with Crippen LogP contribution in [0, 0.1) is 5.82 Å². The number of halogens is 1. The van der Waals surface area contributed by atoms with Gasteiger partial charge in [0.2, 0.25) is 5.91 Å². The normalized spacial score (nSPS) is 15.6. The Labute approximate surface area is 164 Å². The van der Waals surface area contributed by atoms with E-state index < -0.39 is 17.7 Å². The average Bonchev–Trinajstić information content (AvgIpc) is 3.07. The number of benzene rings is 2. The Hall–Kier alpha value is -3.19. The van der Waals surface area contributed by atoms with Gasteiger partial charge in [-0.15, -0.1) is 11.3 Å². The van der Waals surface area contributed by atoms with Gasteiger partial charge in [0.05, 0.1) is 12.8 Å². The van der Waals surface area contributed by atoms with Gasteiger partial charge in [0.1, 0.15) is 16.4 Å². The highest BCUT2D eigenvalue weighted by Crippen LogP contribution is 2.49. The first-order valence-electron chi connectivity index (χ1n) is 8.58. The van der Waals surface area contributed by atoms with E-state index in [-0.39, 0.29) is 17.2 Å². The van der Waals surface area contributed by atoms with Crippen molar-refractivity contribution < 1.29 is 23.8 Å². The largest absolute Gasteiger partial charge is 0.497 e. The first kappa shape index (κ1) is 18.2. The molecule has 0 radical (unpaired) electrons. The molecule has 0 spiro atoms. The molecule has 2 heterocycles. The molecule has 4 rings (SSSR count).